The van der Waals surface area contributed by atoms with Crippen molar-refractivity contribution in [3.8, 4) is 0 Å². The summed E-state index contributed by atoms with van der Waals surface area (Å²) in [5, 5.41) is 2.94. The predicted molar refractivity (Wildman–Crippen MR) is 107 cm³/mol. The molecule has 1 amide bonds. The lowest BCUT2D eigenvalue weighted by molar-refractivity contribution is 0.0950. The summed E-state index contributed by atoms with van der Waals surface area (Å²) in [6, 6.07) is 8.09. The highest BCUT2D eigenvalue weighted by Crippen LogP contribution is 2.31. The van der Waals surface area contributed by atoms with E-state index in [4.69, 9.17) is 5.73 Å². The van der Waals surface area contributed by atoms with Gasteiger partial charge in [0.05, 0.1) is 0 Å². The standard InChI is InChI=1S/C17H25N3OS.2ClH/c18-16(14-5-6-14)11-19-17(21)15-3-1-13(2-4-15)12-20-7-9-22-10-8-20;;/h1-4,14,16H,5-12,18H2,(H,19,21);2*1H. The van der Waals surface area contributed by atoms with Crippen LogP contribution in [0.25, 0.3) is 0 Å². The fourth-order valence-corrected chi connectivity index (χ4v) is 3.76. The van der Waals surface area contributed by atoms with Gasteiger partial charge in [0.15, 0.2) is 0 Å². The van der Waals surface area contributed by atoms with Gasteiger partial charge in [-0.05, 0) is 36.5 Å². The molecule has 2 fully saturated rings. The number of benzene rings is 1. The van der Waals surface area contributed by atoms with Gasteiger partial charge in [0.2, 0.25) is 0 Å². The van der Waals surface area contributed by atoms with Crippen molar-refractivity contribution in [2.45, 2.75) is 25.4 Å². The van der Waals surface area contributed by atoms with Gasteiger partial charge in [0, 0.05) is 49.3 Å². The fraction of sp³-hybridized carbons (Fsp3) is 0.588. The molecule has 136 valence electrons. The molecule has 0 aromatic heterocycles. The van der Waals surface area contributed by atoms with E-state index in [-0.39, 0.29) is 36.8 Å². The van der Waals surface area contributed by atoms with Crippen LogP contribution in [0.5, 0.6) is 0 Å². The number of halogens is 2. The van der Waals surface area contributed by atoms with Gasteiger partial charge in [0.25, 0.3) is 5.91 Å². The van der Waals surface area contributed by atoms with E-state index in [1.165, 1.54) is 29.9 Å². The summed E-state index contributed by atoms with van der Waals surface area (Å²) in [7, 11) is 0. The third-order valence-electron chi connectivity index (χ3n) is 4.45. The summed E-state index contributed by atoms with van der Waals surface area (Å²) in [5.41, 5.74) is 8.01. The Kier molecular flexibility index (Phi) is 9.45. The first-order valence-electron chi connectivity index (χ1n) is 8.15. The van der Waals surface area contributed by atoms with Crippen LogP contribution >= 0.6 is 36.6 Å². The van der Waals surface area contributed by atoms with E-state index in [1.54, 1.807) is 0 Å². The number of carbonyl (C=O) groups is 1. The molecule has 1 aliphatic carbocycles. The first-order chi connectivity index (χ1) is 10.7. The maximum Gasteiger partial charge on any atom is 0.251 e. The molecule has 1 atom stereocenters. The smallest absolute Gasteiger partial charge is 0.251 e. The van der Waals surface area contributed by atoms with Gasteiger partial charge < -0.3 is 11.1 Å². The molecule has 1 aromatic rings. The Labute approximate surface area is 161 Å². The van der Waals surface area contributed by atoms with Crippen molar-refractivity contribution in [2.75, 3.05) is 31.1 Å². The quantitative estimate of drug-likeness (QED) is 0.781. The lowest BCUT2D eigenvalue weighted by Gasteiger charge is -2.26. The third kappa shape index (κ3) is 6.45. The molecule has 3 rings (SSSR count). The Bertz CT molecular complexity index is 505. The van der Waals surface area contributed by atoms with Crippen LogP contribution in [0.1, 0.15) is 28.8 Å². The Morgan fingerprint density at radius 1 is 1.21 bits per heavy atom. The highest BCUT2D eigenvalue weighted by molar-refractivity contribution is 7.99. The molecule has 1 heterocycles. The lowest BCUT2D eigenvalue weighted by atomic mass is 10.1. The van der Waals surface area contributed by atoms with Crippen LogP contribution in [-0.4, -0.2) is 48.0 Å². The minimum absolute atomic E-state index is 0. The Hall–Kier alpha value is -0.460. The maximum atomic E-state index is 12.1. The number of nitrogens with two attached hydrogens (primary N) is 1. The monoisotopic (exact) mass is 391 g/mol. The number of rotatable bonds is 6. The Morgan fingerprint density at radius 2 is 1.83 bits per heavy atom. The van der Waals surface area contributed by atoms with Crippen LogP contribution in [0.3, 0.4) is 0 Å². The van der Waals surface area contributed by atoms with E-state index in [2.05, 4.69) is 22.3 Å². The molecule has 3 N–H and O–H groups in total. The molecule has 2 aliphatic rings. The number of nitrogens with zero attached hydrogens (tertiary/aromatic N) is 1. The molecule has 1 saturated heterocycles. The minimum Gasteiger partial charge on any atom is -0.350 e. The van der Waals surface area contributed by atoms with Gasteiger partial charge in [-0.15, -0.1) is 24.8 Å². The summed E-state index contributed by atoms with van der Waals surface area (Å²) >= 11 is 2.02. The number of hydrogen-bond acceptors (Lipinski definition) is 4. The number of carbonyl (C=O) groups excluding carboxylic acids is 1. The van der Waals surface area contributed by atoms with E-state index in [1.807, 2.05) is 23.9 Å². The molecular weight excluding hydrogens is 365 g/mol. The van der Waals surface area contributed by atoms with Crippen LogP contribution in [0, 0.1) is 5.92 Å². The van der Waals surface area contributed by atoms with E-state index in [9.17, 15) is 4.79 Å². The Morgan fingerprint density at radius 3 is 2.42 bits per heavy atom. The molecule has 0 radical (unpaired) electrons. The third-order valence-corrected chi connectivity index (χ3v) is 5.39. The van der Waals surface area contributed by atoms with Gasteiger partial charge in [-0.2, -0.15) is 11.8 Å². The summed E-state index contributed by atoms with van der Waals surface area (Å²) in [6.45, 7) is 3.88. The molecule has 24 heavy (non-hydrogen) atoms. The van der Waals surface area contributed by atoms with E-state index in [0.29, 0.717) is 12.5 Å². The number of thioether (sulfide) groups is 1. The highest BCUT2D eigenvalue weighted by atomic mass is 35.5. The first-order valence-corrected chi connectivity index (χ1v) is 9.30. The molecule has 0 spiro atoms. The van der Waals surface area contributed by atoms with Crippen LogP contribution in [-0.2, 0) is 6.54 Å². The predicted octanol–water partition coefficient (Wildman–Crippen LogP) is 2.55. The van der Waals surface area contributed by atoms with Crippen LogP contribution in [0.15, 0.2) is 24.3 Å². The zero-order valence-electron chi connectivity index (χ0n) is 13.8. The van der Waals surface area contributed by atoms with Gasteiger partial charge >= 0.3 is 0 Å². The minimum atomic E-state index is -0.0166. The van der Waals surface area contributed by atoms with Gasteiger partial charge in [-0.25, -0.2) is 0 Å². The van der Waals surface area contributed by atoms with Gasteiger partial charge in [-0.1, -0.05) is 12.1 Å². The van der Waals surface area contributed by atoms with Crippen LogP contribution < -0.4 is 11.1 Å². The number of hydrogen-bond donors (Lipinski definition) is 2. The van der Waals surface area contributed by atoms with E-state index in [0.717, 1.165) is 25.2 Å². The summed E-state index contributed by atoms with van der Waals surface area (Å²) in [5.74, 6) is 3.05. The highest BCUT2D eigenvalue weighted by Gasteiger charge is 2.28. The molecule has 7 heteroatoms. The average molecular weight is 392 g/mol. The Balaban J connectivity index is 0.00000144. The largest absolute Gasteiger partial charge is 0.350 e. The van der Waals surface area contributed by atoms with E-state index >= 15 is 0 Å². The van der Waals surface area contributed by atoms with Crippen molar-refractivity contribution in [3.05, 3.63) is 35.4 Å². The molecule has 0 bridgehead atoms. The summed E-state index contributed by atoms with van der Waals surface area (Å²) in [4.78, 5) is 14.6. The number of nitrogens with one attached hydrogen (secondary N) is 1. The normalized spacial score (nSPS) is 18.9. The fourth-order valence-electron chi connectivity index (χ4n) is 2.78. The second-order valence-corrected chi connectivity index (χ2v) is 7.52. The topological polar surface area (TPSA) is 58.4 Å². The molecule has 1 aliphatic heterocycles. The summed E-state index contributed by atoms with van der Waals surface area (Å²) in [6.07, 6.45) is 2.42. The summed E-state index contributed by atoms with van der Waals surface area (Å²) < 4.78 is 0. The number of amides is 1. The zero-order valence-corrected chi connectivity index (χ0v) is 16.2. The van der Waals surface area contributed by atoms with Crippen molar-refractivity contribution in [3.63, 3.8) is 0 Å². The average Bonchev–Trinajstić information content (AvgIpc) is 3.39. The van der Waals surface area contributed by atoms with Crippen LogP contribution in [0.2, 0.25) is 0 Å². The van der Waals surface area contributed by atoms with E-state index < -0.39 is 0 Å². The van der Waals surface area contributed by atoms with Gasteiger partial charge in [0.1, 0.15) is 0 Å². The van der Waals surface area contributed by atoms with Crippen LogP contribution in [0.4, 0.5) is 0 Å². The molecule has 1 aromatic carbocycles. The molecular formula is C17H27Cl2N3OS. The SMILES string of the molecule is Cl.Cl.NC(CNC(=O)c1ccc(CN2CCSCC2)cc1)C1CC1. The maximum absolute atomic E-state index is 12.1. The first kappa shape index (κ1) is 21.6. The van der Waals surface area contributed by atoms with Crippen molar-refractivity contribution < 1.29 is 4.79 Å². The van der Waals surface area contributed by atoms with Crippen molar-refractivity contribution in [1.82, 2.24) is 10.2 Å². The van der Waals surface area contributed by atoms with Crippen molar-refractivity contribution in [2.24, 2.45) is 11.7 Å². The van der Waals surface area contributed by atoms with Crippen molar-refractivity contribution >= 4 is 42.5 Å². The molecule has 1 saturated carbocycles. The van der Waals surface area contributed by atoms with Crippen molar-refractivity contribution in [1.29, 1.82) is 0 Å². The van der Waals surface area contributed by atoms with Gasteiger partial charge in [-0.3, -0.25) is 9.69 Å². The molecule has 4 nitrogen and oxygen atoms in total. The second-order valence-electron chi connectivity index (χ2n) is 6.30. The second kappa shape index (κ2) is 10.5. The molecule has 1 unspecified atom stereocenters. The zero-order chi connectivity index (χ0) is 15.4. The lowest BCUT2D eigenvalue weighted by Crippen LogP contribution is -2.38.